The van der Waals surface area contributed by atoms with Gasteiger partial charge in [-0.15, -0.1) is 0 Å². The van der Waals surface area contributed by atoms with Crippen LogP contribution in [0.2, 0.25) is 0 Å². The second-order valence-electron chi connectivity index (χ2n) is 4.18. The van der Waals surface area contributed by atoms with E-state index in [1.807, 2.05) is 4.57 Å². The third-order valence-corrected chi connectivity index (χ3v) is 2.96. The zero-order chi connectivity index (χ0) is 11.3. The number of aromatic hydroxyl groups is 1. The Morgan fingerprint density at radius 1 is 1.31 bits per heavy atom. The summed E-state index contributed by atoms with van der Waals surface area (Å²) in [5.74, 6) is -0.743. The van der Waals surface area contributed by atoms with Crippen molar-refractivity contribution in [2.75, 3.05) is 0 Å². The summed E-state index contributed by atoms with van der Waals surface area (Å²) in [6.45, 7) is 0. The maximum atomic E-state index is 11.1. The first-order valence-corrected chi connectivity index (χ1v) is 5.24. The van der Waals surface area contributed by atoms with Gasteiger partial charge >= 0.3 is 5.97 Å². The number of aromatic nitrogens is 1. The Kier molecular flexibility index (Phi) is 1.74. The molecule has 0 radical (unpaired) electrons. The number of benzene rings is 1. The van der Waals surface area contributed by atoms with Crippen molar-refractivity contribution >= 4 is 16.9 Å². The molecule has 0 saturated heterocycles. The molecule has 3 rings (SSSR count). The maximum absolute atomic E-state index is 11.1. The third-order valence-electron chi connectivity index (χ3n) is 2.96. The van der Waals surface area contributed by atoms with E-state index in [0.717, 1.165) is 23.7 Å². The van der Waals surface area contributed by atoms with Gasteiger partial charge in [-0.05, 0) is 31.0 Å². The van der Waals surface area contributed by atoms with Gasteiger partial charge in [0.15, 0.2) is 0 Å². The Morgan fingerprint density at radius 2 is 2.06 bits per heavy atom. The number of hydrogen-bond donors (Lipinski definition) is 2. The summed E-state index contributed by atoms with van der Waals surface area (Å²) in [7, 11) is 0. The lowest BCUT2D eigenvalue weighted by Gasteiger charge is -2.05. The zero-order valence-electron chi connectivity index (χ0n) is 8.55. The van der Waals surface area contributed by atoms with Crippen LogP contribution in [0.5, 0.6) is 5.75 Å². The van der Waals surface area contributed by atoms with E-state index in [1.165, 1.54) is 0 Å². The Morgan fingerprint density at radius 3 is 2.69 bits per heavy atom. The average molecular weight is 217 g/mol. The highest BCUT2D eigenvalue weighted by Gasteiger charge is 2.29. The van der Waals surface area contributed by atoms with Crippen LogP contribution < -0.4 is 0 Å². The lowest BCUT2D eigenvalue weighted by Crippen LogP contribution is -2.06. The summed E-state index contributed by atoms with van der Waals surface area (Å²) in [4.78, 5) is 11.1. The number of carboxylic acid groups (broad SMARTS) is 1. The van der Waals surface area contributed by atoms with Gasteiger partial charge in [0.05, 0.1) is 5.52 Å². The molecule has 4 heteroatoms. The van der Waals surface area contributed by atoms with E-state index in [1.54, 1.807) is 24.3 Å². The summed E-state index contributed by atoms with van der Waals surface area (Å²) >= 11 is 0. The molecule has 2 N–H and O–H groups in total. The number of carbonyl (C=O) groups is 1. The fourth-order valence-corrected chi connectivity index (χ4v) is 2.10. The first-order chi connectivity index (χ1) is 7.66. The van der Waals surface area contributed by atoms with Crippen molar-refractivity contribution in [2.24, 2.45) is 0 Å². The zero-order valence-corrected chi connectivity index (χ0v) is 8.55. The number of nitrogens with zero attached hydrogens (tertiary/aromatic N) is 1. The molecule has 1 aromatic heterocycles. The van der Waals surface area contributed by atoms with Gasteiger partial charge in [-0.1, -0.05) is 0 Å². The minimum absolute atomic E-state index is 0.171. The largest absolute Gasteiger partial charge is 0.508 e. The molecular formula is C12H11NO3. The number of fused-ring (bicyclic) bond motifs is 1. The van der Waals surface area contributed by atoms with E-state index in [-0.39, 0.29) is 11.8 Å². The average Bonchev–Trinajstić information content (AvgIpc) is 2.99. The van der Waals surface area contributed by atoms with Gasteiger partial charge < -0.3 is 14.8 Å². The monoisotopic (exact) mass is 217 g/mol. The van der Waals surface area contributed by atoms with E-state index in [2.05, 4.69) is 0 Å². The molecule has 2 aromatic rings. The van der Waals surface area contributed by atoms with Crippen molar-refractivity contribution in [1.29, 1.82) is 0 Å². The Bertz CT molecular complexity index is 581. The van der Waals surface area contributed by atoms with E-state index in [9.17, 15) is 9.90 Å². The van der Waals surface area contributed by atoms with Crippen LogP contribution in [-0.4, -0.2) is 20.7 Å². The normalized spacial score (nSPS) is 15.5. The van der Waals surface area contributed by atoms with Gasteiger partial charge in [0.2, 0.25) is 0 Å². The molecule has 0 spiro atoms. The molecule has 0 bridgehead atoms. The predicted octanol–water partition coefficient (Wildman–Crippen LogP) is 2.38. The molecule has 1 aromatic carbocycles. The van der Waals surface area contributed by atoms with Crippen LogP contribution in [0.1, 0.15) is 29.4 Å². The van der Waals surface area contributed by atoms with Crippen molar-refractivity contribution < 1.29 is 15.0 Å². The van der Waals surface area contributed by atoms with Crippen molar-refractivity contribution in [2.45, 2.75) is 18.9 Å². The molecule has 1 fully saturated rings. The van der Waals surface area contributed by atoms with Gasteiger partial charge in [-0.2, -0.15) is 0 Å². The third kappa shape index (κ3) is 1.26. The van der Waals surface area contributed by atoms with Crippen LogP contribution in [0.3, 0.4) is 0 Å². The van der Waals surface area contributed by atoms with E-state index < -0.39 is 5.97 Å². The number of rotatable bonds is 2. The molecule has 82 valence electrons. The topological polar surface area (TPSA) is 62.5 Å². The Hall–Kier alpha value is -1.97. The van der Waals surface area contributed by atoms with Gasteiger partial charge in [0.1, 0.15) is 11.4 Å². The molecule has 1 aliphatic rings. The van der Waals surface area contributed by atoms with Crippen molar-refractivity contribution in [3.8, 4) is 5.75 Å². The highest BCUT2D eigenvalue weighted by molar-refractivity contribution is 5.95. The standard InChI is InChI=1S/C12H11NO3/c14-9-4-1-7-5-11(12(15)16)13(8-2-3-8)10(7)6-9/h1,4-6,8,14H,2-3H2,(H,15,16). The molecule has 16 heavy (non-hydrogen) atoms. The summed E-state index contributed by atoms with van der Waals surface area (Å²) in [5, 5.41) is 19.4. The predicted molar refractivity (Wildman–Crippen MR) is 58.8 cm³/mol. The summed E-state index contributed by atoms with van der Waals surface area (Å²) < 4.78 is 1.82. The lowest BCUT2D eigenvalue weighted by atomic mass is 10.2. The van der Waals surface area contributed by atoms with Crippen LogP contribution in [0.15, 0.2) is 24.3 Å². The number of carboxylic acids is 1. The number of aromatic carboxylic acids is 1. The molecule has 4 nitrogen and oxygen atoms in total. The molecule has 1 aliphatic carbocycles. The number of phenols is 1. The van der Waals surface area contributed by atoms with Crippen LogP contribution in [0, 0.1) is 0 Å². The number of hydrogen-bond acceptors (Lipinski definition) is 2. The molecule has 0 unspecified atom stereocenters. The first kappa shape index (κ1) is 9.27. The minimum Gasteiger partial charge on any atom is -0.508 e. The first-order valence-electron chi connectivity index (χ1n) is 5.24. The summed E-state index contributed by atoms with van der Waals surface area (Å²) in [6.07, 6.45) is 2.03. The molecule has 0 atom stereocenters. The summed E-state index contributed by atoms with van der Waals surface area (Å²) in [5.41, 5.74) is 1.11. The Labute approximate surface area is 91.7 Å². The van der Waals surface area contributed by atoms with Crippen molar-refractivity contribution in [3.63, 3.8) is 0 Å². The fourth-order valence-electron chi connectivity index (χ4n) is 2.10. The van der Waals surface area contributed by atoms with Crippen LogP contribution in [0.25, 0.3) is 10.9 Å². The second-order valence-corrected chi connectivity index (χ2v) is 4.18. The van der Waals surface area contributed by atoms with Crippen LogP contribution in [-0.2, 0) is 0 Å². The molecular weight excluding hydrogens is 206 g/mol. The van der Waals surface area contributed by atoms with Crippen LogP contribution >= 0.6 is 0 Å². The molecule has 1 saturated carbocycles. The smallest absolute Gasteiger partial charge is 0.352 e. The van der Waals surface area contributed by atoms with Gasteiger partial charge in [0, 0.05) is 17.5 Å². The Balaban J connectivity index is 2.33. The van der Waals surface area contributed by atoms with E-state index >= 15 is 0 Å². The van der Waals surface area contributed by atoms with Crippen LogP contribution in [0.4, 0.5) is 0 Å². The van der Waals surface area contributed by atoms with Gasteiger partial charge in [-0.25, -0.2) is 4.79 Å². The minimum atomic E-state index is -0.914. The van der Waals surface area contributed by atoms with Gasteiger partial charge in [0.25, 0.3) is 0 Å². The quantitative estimate of drug-likeness (QED) is 0.811. The fraction of sp³-hybridized carbons (Fsp3) is 0.250. The highest BCUT2D eigenvalue weighted by Crippen LogP contribution is 2.40. The second kappa shape index (κ2) is 3.01. The van der Waals surface area contributed by atoms with E-state index in [0.29, 0.717) is 5.69 Å². The summed E-state index contributed by atoms with van der Waals surface area (Å²) in [6, 6.07) is 6.89. The number of phenolic OH excluding ortho intramolecular Hbond substituents is 1. The highest BCUT2D eigenvalue weighted by atomic mass is 16.4. The molecule has 0 amide bonds. The SMILES string of the molecule is O=C(O)c1cc2ccc(O)cc2n1C1CC1. The van der Waals surface area contributed by atoms with Crippen molar-refractivity contribution in [1.82, 2.24) is 4.57 Å². The van der Waals surface area contributed by atoms with Crippen molar-refractivity contribution in [3.05, 3.63) is 30.0 Å². The van der Waals surface area contributed by atoms with Gasteiger partial charge in [-0.3, -0.25) is 0 Å². The van der Waals surface area contributed by atoms with E-state index in [4.69, 9.17) is 5.11 Å². The molecule has 0 aliphatic heterocycles. The molecule has 1 heterocycles. The lowest BCUT2D eigenvalue weighted by molar-refractivity contribution is 0.0685. The maximum Gasteiger partial charge on any atom is 0.352 e.